The topological polar surface area (TPSA) is 120 Å². The van der Waals surface area contributed by atoms with Gasteiger partial charge in [0.1, 0.15) is 11.5 Å². The van der Waals surface area contributed by atoms with Crippen LogP contribution >= 0.6 is 0 Å². The minimum atomic E-state index is -3.70. The van der Waals surface area contributed by atoms with E-state index in [0.717, 1.165) is 0 Å². The highest BCUT2D eigenvalue weighted by Crippen LogP contribution is 2.23. The number of benzene rings is 2. The third-order valence-electron chi connectivity index (χ3n) is 4.65. The molecule has 0 unspecified atom stereocenters. The van der Waals surface area contributed by atoms with Crippen molar-refractivity contribution < 1.29 is 37.0 Å². The van der Waals surface area contributed by atoms with Crippen molar-refractivity contribution in [3.8, 4) is 11.5 Å². The molecule has 2 aromatic carbocycles. The van der Waals surface area contributed by atoms with Crippen LogP contribution in [0.4, 0.5) is 5.69 Å². The van der Waals surface area contributed by atoms with E-state index in [4.69, 9.17) is 18.9 Å². The van der Waals surface area contributed by atoms with Crippen molar-refractivity contribution in [2.75, 3.05) is 52.4 Å². The predicted octanol–water partition coefficient (Wildman–Crippen LogP) is 1.52. The molecule has 1 heterocycles. The second-order valence-electron chi connectivity index (χ2n) is 6.77. The molecular weight excluding hydrogens is 440 g/mol. The fourth-order valence-corrected chi connectivity index (χ4v) is 4.46. The quantitative estimate of drug-likeness (QED) is 0.584. The van der Waals surface area contributed by atoms with E-state index in [2.05, 4.69) is 5.32 Å². The summed E-state index contributed by atoms with van der Waals surface area (Å²) < 4.78 is 47.3. The maximum absolute atomic E-state index is 12.8. The van der Waals surface area contributed by atoms with Crippen LogP contribution in [0, 0.1) is 0 Å². The molecule has 1 aliphatic rings. The SMILES string of the molecule is COc1cc(OC)cc(C(=O)OCC(=O)Nc2cccc(S(=O)(=O)N3CCOCC3)c2)c1. The Morgan fingerprint density at radius 2 is 1.69 bits per heavy atom. The Kier molecular flexibility index (Phi) is 7.67. The van der Waals surface area contributed by atoms with Gasteiger partial charge in [-0.3, -0.25) is 4.79 Å². The van der Waals surface area contributed by atoms with Crippen LogP contribution in [0.15, 0.2) is 47.4 Å². The number of anilines is 1. The molecular formula is C21H24N2O8S. The number of nitrogens with zero attached hydrogens (tertiary/aromatic N) is 1. The highest BCUT2D eigenvalue weighted by molar-refractivity contribution is 7.89. The average molecular weight is 464 g/mol. The molecule has 1 saturated heterocycles. The minimum absolute atomic E-state index is 0.0534. The lowest BCUT2D eigenvalue weighted by molar-refractivity contribution is -0.119. The van der Waals surface area contributed by atoms with Crippen molar-refractivity contribution in [1.82, 2.24) is 4.31 Å². The van der Waals surface area contributed by atoms with E-state index < -0.39 is 28.5 Å². The fraction of sp³-hybridized carbons (Fsp3) is 0.333. The number of sulfonamides is 1. The first-order valence-electron chi connectivity index (χ1n) is 9.71. The smallest absolute Gasteiger partial charge is 0.338 e. The van der Waals surface area contributed by atoms with Crippen molar-refractivity contribution in [2.45, 2.75) is 4.90 Å². The Bertz CT molecular complexity index is 1060. The molecule has 32 heavy (non-hydrogen) atoms. The molecule has 0 aliphatic carbocycles. The van der Waals surface area contributed by atoms with Crippen molar-refractivity contribution in [3.05, 3.63) is 48.0 Å². The number of methoxy groups -OCH3 is 2. The van der Waals surface area contributed by atoms with Gasteiger partial charge in [-0.15, -0.1) is 0 Å². The van der Waals surface area contributed by atoms with E-state index >= 15 is 0 Å². The summed E-state index contributed by atoms with van der Waals surface area (Å²) in [4.78, 5) is 24.6. The summed E-state index contributed by atoms with van der Waals surface area (Å²) in [5.74, 6) is -0.548. The normalized spacial score (nSPS) is 14.4. The first-order chi connectivity index (χ1) is 15.3. The number of nitrogens with one attached hydrogen (secondary N) is 1. The van der Waals surface area contributed by atoms with Crippen LogP contribution in [0.5, 0.6) is 11.5 Å². The minimum Gasteiger partial charge on any atom is -0.497 e. The van der Waals surface area contributed by atoms with Crippen molar-refractivity contribution in [1.29, 1.82) is 0 Å². The van der Waals surface area contributed by atoms with Crippen LogP contribution in [0.25, 0.3) is 0 Å². The zero-order valence-corrected chi connectivity index (χ0v) is 18.5. The van der Waals surface area contributed by atoms with E-state index in [9.17, 15) is 18.0 Å². The first-order valence-corrected chi connectivity index (χ1v) is 11.2. The molecule has 1 amide bonds. The Morgan fingerprint density at radius 3 is 2.31 bits per heavy atom. The van der Waals surface area contributed by atoms with Crippen molar-refractivity contribution in [2.24, 2.45) is 0 Å². The number of carbonyl (C=O) groups is 2. The number of carbonyl (C=O) groups excluding carboxylic acids is 2. The number of amides is 1. The van der Waals surface area contributed by atoms with Crippen LogP contribution in [0.1, 0.15) is 10.4 Å². The number of esters is 1. The van der Waals surface area contributed by atoms with Gasteiger partial charge in [0.05, 0.1) is 37.9 Å². The molecule has 2 aromatic rings. The van der Waals surface area contributed by atoms with E-state index in [-0.39, 0.29) is 29.2 Å². The van der Waals surface area contributed by atoms with Gasteiger partial charge in [0.2, 0.25) is 10.0 Å². The Hall–Kier alpha value is -3.15. The van der Waals surface area contributed by atoms with Gasteiger partial charge in [0, 0.05) is 24.8 Å². The highest BCUT2D eigenvalue weighted by atomic mass is 32.2. The van der Waals surface area contributed by atoms with Gasteiger partial charge in [-0.25, -0.2) is 13.2 Å². The van der Waals surface area contributed by atoms with Crippen LogP contribution in [0.2, 0.25) is 0 Å². The maximum Gasteiger partial charge on any atom is 0.338 e. The summed E-state index contributed by atoms with van der Waals surface area (Å²) in [6, 6.07) is 10.4. The molecule has 0 radical (unpaired) electrons. The molecule has 0 saturated carbocycles. The average Bonchev–Trinajstić information content (AvgIpc) is 2.82. The largest absolute Gasteiger partial charge is 0.497 e. The Balaban J connectivity index is 1.62. The summed E-state index contributed by atoms with van der Waals surface area (Å²) >= 11 is 0. The molecule has 10 nitrogen and oxygen atoms in total. The lowest BCUT2D eigenvalue weighted by Crippen LogP contribution is -2.40. The van der Waals surface area contributed by atoms with Crippen LogP contribution in [0.3, 0.4) is 0 Å². The summed E-state index contributed by atoms with van der Waals surface area (Å²) in [6.07, 6.45) is 0. The lowest BCUT2D eigenvalue weighted by atomic mass is 10.2. The predicted molar refractivity (Wildman–Crippen MR) is 114 cm³/mol. The van der Waals surface area contributed by atoms with E-state index in [1.54, 1.807) is 12.1 Å². The third-order valence-corrected chi connectivity index (χ3v) is 6.54. The van der Waals surface area contributed by atoms with E-state index in [1.165, 1.54) is 48.9 Å². The van der Waals surface area contributed by atoms with Gasteiger partial charge in [-0.05, 0) is 30.3 Å². The van der Waals surface area contributed by atoms with Gasteiger partial charge in [0.25, 0.3) is 5.91 Å². The summed E-state index contributed by atoms with van der Waals surface area (Å²) in [7, 11) is -0.804. The molecule has 0 atom stereocenters. The summed E-state index contributed by atoms with van der Waals surface area (Å²) in [6.45, 7) is 0.646. The molecule has 3 rings (SSSR count). The summed E-state index contributed by atoms with van der Waals surface area (Å²) in [5, 5.41) is 2.54. The second-order valence-corrected chi connectivity index (χ2v) is 8.71. The third kappa shape index (κ3) is 5.75. The van der Waals surface area contributed by atoms with Gasteiger partial charge in [-0.1, -0.05) is 6.07 Å². The highest BCUT2D eigenvalue weighted by Gasteiger charge is 2.26. The summed E-state index contributed by atoms with van der Waals surface area (Å²) in [5.41, 5.74) is 0.427. The van der Waals surface area contributed by atoms with E-state index in [1.807, 2.05) is 0 Å². The first kappa shape index (κ1) is 23.5. The molecule has 1 aliphatic heterocycles. The zero-order chi connectivity index (χ0) is 23.1. The molecule has 1 N–H and O–H groups in total. The molecule has 11 heteroatoms. The van der Waals surface area contributed by atoms with E-state index in [0.29, 0.717) is 24.7 Å². The number of hydrogen-bond donors (Lipinski definition) is 1. The number of ether oxygens (including phenoxy) is 4. The molecule has 172 valence electrons. The van der Waals surface area contributed by atoms with Crippen LogP contribution < -0.4 is 14.8 Å². The second kappa shape index (κ2) is 10.4. The fourth-order valence-electron chi connectivity index (χ4n) is 3.01. The van der Waals surface area contributed by atoms with Crippen LogP contribution in [-0.2, 0) is 24.3 Å². The van der Waals surface area contributed by atoms with Gasteiger partial charge < -0.3 is 24.3 Å². The standard InChI is InChI=1S/C21H24N2O8S/c1-28-17-10-15(11-18(13-17)29-2)21(25)31-14-20(24)22-16-4-3-5-19(12-16)32(26,27)23-6-8-30-9-7-23/h3-5,10-13H,6-9,14H2,1-2H3,(H,22,24). The Labute approximate surface area is 186 Å². The van der Waals surface area contributed by atoms with Gasteiger partial charge in [0.15, 0.2) is 6.61 Å². The van der Waals surface area contributed by atoms with Gasteiger partial charge >= 0.3 is 5.97 Å². The molecule has 1 fully saturated rings. The maximum atomic E-state index is 12.8. The van der Waals surface area contributed by atoms with Crippen molar-refractivity contribution in [3.63, 3.8) is 0 Å². The van der Waals surface area contributed by atoms with Crippen molar-refractivity contribution >= 4 is 27.6 Å². The molecule has 0 spiro atoms. The molecule has 0 bridgehead atoms. The van der Waals surface area contributed by atoms with Crippen LogP contribution in [-0.4, -0.2) is 71.7 Å². The molecule has 0 aromatic heterocycles. The number of hydrogen-bond acceptors (Lipinski definition) is 8. The zero-order valence-electron chi connectivity index (χ0n) is 17.7. The Morgan fingerprint density at radius 1 is 1.03 bits per heavy atom. The monoisotopic (exact) mass is 464 g/mol. The number of morpholine rings is 1. The number of rotatable bonds is 8. The lowest BCUT2D eigenvalue weighted by Gasteiger charge is -2.26. The van der Waals surface area contributed by atoms with Gasteiger partial charge in [-0.2, -0.15) is 4.31 Å².